The summed E-state index contributed by atoms with van der Waals surface area (Å²) < 4.78 is 37.3. The molecule has 20 heavy (non-hydrogen) atoms. The van der Waals surface area contributed by atoms with Gasteiger partial charge in [-0.05, 0) is 11.1 Å². The van der Waals surface area contributed by atoms with Gasteiger partial charge in [0.1, 0.15) is 0 Å². The van der Waals surface area contributed by atoms with Gasteiger partial charge in [-0.3, -0.25) is 4.79 Å². The maximum absolute atomic E-state index is 12.4. The fraction of sp³-hybridized carbons (Fsp3) is 0.231. The summed E-state index contributed by atoms with van der Waals surface area (Å²) in [4.78, 5) is 15.2. The molecule has 0 fully saturated rings. The van der Waals surface area contributed by atoms with E-state index in [1.165, 1.54) is 0 Å². The Balaban J connectivity index is 2.18. The molecule has 106 valence electrons. The van der Waals surface area contributed by atoms with E-state index in [0.29, 0.717) is 11.3 Å². The minimum atomic E-state index is -4.52. The van der Waals surface area contributed by atoms with Crippen LogP contribution in [0.2, 0.25) is 0 Å². The van der Waals surface area contributed by atoms with Gasteiger partial charge in [0.25, 0.3) is 0 Å². The lowest BCUT2D eigenvalue weighted by molar-refractivity contribution is -0.137. The molecule has 0 saturated heterocycles. The lowest BCUT2D eigenvalue weighted by Gasteiger charge is -2.05. The summed E-state index contributed by atoms with van der Waals surface area (Å²) in [5.74, 6) is -0.390. The number of thiazole rings is 1. The highest BCUT2D eigenvalue weighted by atomic mass is 32.1. The Labute approximate surface area is 117 Å². The summed E-state index contributed by atoms with van der Waals surface area (Å²) in [5, 5.41) is -1.01. The number of rotatable bonds is 4. The predicted molar refractivity (Wildman–Crippen MR) is 69.5 cm³/mol. The number of hydrogen-bond acceptors (Lipinski definition) is 4. The molecule has 2 N–H and O–H groups in total. The molecule has 0 aliphatic heterocycles. The maximum Gasteiger partial charge on any atom is 0.443 e. The van der Waals surface area contributed by atoms with Crippen LogP contribution in [0.15, 0.2) is 30.5 Å². The van der Waals surface area contributed by atoms with Gasteiger partial charge < -0.3 is 5.73 Å². The molecular weight excluding hydrogens is 289 g/mol. The number of nitrogens with two attached hydrogens (primary N) is 1. The molecule has 0 spiro atoms. The number of carbonyl (C=O) groups is 1. The molecule has 2 aromatic rings. The van der Waals surface area contributed by atoms with Crippen molar-refractivity contribution in [1.82, 2.24) is 4.98 Å². The molecule has 0 amide bonds. The summed E-state index contributed by atoms with van der Waals surface area (Å²) in [6, 6.07) is 7.09. The summed E-state index contributed by atoms with van der Waals surface area (Å²) in [6.45, 7) is 0.278. The van der Waals surface area contributed by atoms with Crippen LogP contribution < -0.4 is 5.73 Å². The Morgan fingerprint density at radius 3 is 2.45 bits per heavy atom. The second-order valence-electron chi connectivity index (χ2n) is 4.10. The minimum absolute atomic E-state index is 0.00384. The molecule has 1 heterocycles. The monoisotopic (exact) mass is 300 g/mol. The van der Waals surface area contributed by atoms with Crippen molar-refractivity contribution in [2.24, 2.45) is 5.73 Å². The van der Waals surface area contributed by atoms with Gasteiger partial charge >= 0.3 is 6.18 Å². The molecule has 1 aromatic carbocycles. The normalized spacial score (nSPS) is 11.6. The number of carbonyl (C=O) groups excluding carboxylic acids is 1. The Morgan fingerprint density at radius 2 is 1.90 bits per heavy atom. The molecule has 3 nitrogen and oxygen atoms in total. The fourth-order valence-corrected chi connectivity index (χ4v) is 2.44. The van der Waals surface area contributed by atoms with E-state index in [4.69, 9.17) is 5.73 Å². The fourth-order valence-electron chi connectivity index (χ4n) is 1.72. The number of halogens is 3. The van der Waals surface area contributed by atoms with Crippen LogP contribution in [0, 0.1) is 0 Å². The van der Waals surface area contributed by atoms with Crippen molar-refractivity contribution in [2.45, 2.75) is 19.1 Å². The smallest absolute Gasteiger partial charge is 0.326 e. The first-order valence-electron chi connectivity index (χ1n) is 5.75. The molecule has 7 heteroatoms. The van der Waals surface area contributed by atoms with Crippen molar-refractivity contribution >= 4 is 17.1 Å². The first-order valence-corrected chi connectivity index (χ1v) is 6.56. The molecular formula is C13H11F3N2OS. The second kappa shape index (κ2) is 5.72. The molecule has 0 unspecified atom stereocenters. The maximum atomic E-state index is 12.4. The van der Waals surface area contributed by atoms with Crippen molar-refractivity contribution in [2.75, 3.05) is 0 Å². The van der Waals surface area contributed by atoms with Gasteiger partial charge in [0, 0.05) is 19.2 Å². The quantitative estimate of drug-likeness (QED) is 0.883. The number of aromatic nitrogens is 1. The minimum Gasteiger partial charge on any atom is -0.326 e. The van der Waals surface area contributed by atoms with E-state index < -0.39 is 11.2 Å². The van der Waals surface area contributed by atoms with Gasteiger partial charge in [-0.1, -0.05) is 24.3 Å². The third kappa shape index (κ3) is 3.23. The lowest BCUT2D eigenvalue weighted by Crippen LogP contribution is -2.07. The highest BCUT2D eigenvalue weighted by Gasteiger charge is 2.35. The average Bonchev–Trinajstić information content (AvgIpc) is 2.89. The molecule has 0 atom stereocenters. The van der Waals surface area contributed by atoms with Gasteiger partial charge in [0.05, 0.1) is 4.88 Å². The van der Waals surface area contributed by atoms with Crippen molar-refractivity contribution in [3.8, 4) is 0 Å². The van der Waals surface area contributed by atoms with Crippen LogP contribution in [0.25, 0.3) is 0 Å². The van der Waals surface area contributed by atoms with Gasteiger partial charge in [-0.25, -0.2) is 4.98 Å². The van der Waals surface area contributed by atoms with Crippen molar-refractivity contribution in [3.63, 3.8) is 0 Å². The lowest BCUT2D eigenvalue weighted by atomic mass is 10.0. The molecule has 0 saturated carbocycles. The van der Waals surface area contributed by atoms with E-state index in [0.717, 1.165) is 17.3 Å². The zero-order valence-electron chi connectivity index (χ0n) is 10.3. The number of ketones is 1. The number of alkyl halides is 3. The van der Waals surface area contributed by atoms with Crippen LogP contribution in [-0.4, -0.2) is 10.8 Å². The van der Waals surface area contributed by atoms with E-state index in [-0.39, 0.29) is 23.6 Å². The van der Waals surface area contributed by atoms with E-state index in [1.54, 1.807) is 24.3 Å². The van der Waals surface area contributed by atoms with Crippen LogP contribution in [0.3, 0.4) is 0 Å². The Morgan fingerprint density at radius 1 is 1.25 bits per heavy atom. The SMILES string of the molecule is NCc1ccccc1CC(=O)c1cnc(C(F)(F)F)s1. The zero-order chi connectivity index (χ0) is 14.8. The number of nitrogens with zero attached hydrogens (tertiary/aromatic N) is 1. The first-order chi connectivity index (χ1) is 9.41. The number of benzene rings is 1. The number of Topliss-reactive ketones (excluding diaryl/α,β-unsaturated/α-hetero) is 1. The largest absolute Gasteiger partial charge is 0.443 e. The van der Waals surface area contributed by atoms with Crippen LogP contribution in [0.5, 0.6) is 0 Å². The second-order valence-corrected chi connectivity index (χ2v) is 5.13. The van der Waals surface area contributed by atoms with Gasteiger partial charge in [0.15, 0.2) is 10.8 Å². The molecule has 0 aliphatic carbocycles. The van der Waals surface area contributed by atoms with E-state index >= 15 is 0 Å². The van der Waals surface area contributed by atoms with E-state index in [9.17, 15) is 18.0 Å². The number of hydrogen-bond donors (Lipinski definition) is 1. The van der Waals surface area contributed by atoms with Crippen molar-refractivity contribution < 1.29 is 18.0 Å². The zero-order valence-corrected chi connectivity index (χ0v) is 11.1. The summed E-state index contributed by atoms with van der Waals surface area (Å²) >= 11 is 0.364. The molecule has 1 aromatic heterocycles. The van der Waals surface area contributed by atoms with Crippen LogP contribution in [0.4, 0.5) is 13.2 Å². The molecule has 0 bridgehead atoms. The summed E-state index contributed by atoms with van der Waals surface area (Å²) in [6.07, 6.45) is -3.52. The standard InChI is InChI=1S/C13H11F3N2OS/c14-13(15,16)12-18-7-11(20-12)10(19)5-8-3-1-2-4-9(8)6-17/h1-4,7H,5-6,17H2. The van der Waals surface area contributed by atoms with Crippen LogP contribution in [0.1, 0.15) is 25.8 Å². The first kappa shape index (κ1) is 14.7. The third-order valence-corrected chi connectivity index (χ3v) is 3.80. The highest BCUT2D eigenvalue weighted by molar-refractivity contribution is 7.13. The average molecular weight is 300 g/mol. The Kier molecular flexibility index (Phi) is 4.20. The van der Waals surface area contributed by atoms with Crippen molar-refractivity contribution in [3.05, 3.63) is 51.5 Å². The molecule has 0 aliphatic rings. The molecule has 0 radical (unpaired) electrons. The van der Waals surface area contributed by atoms with Crippen LogP contribution >= 0.6 is 11.3 Å². The Bertz CT molecular complexity index is 622. The third-order valence-electron chi connectivity index (χ3n) is 2.71. The van der Waals surface area contributed by atoms with Crippen molar-refractivity contribution in [1.29, 1.82) is 0 Å². The van der Waals surface area contributed by atoms with E-state index in [1.807, 2.05) is 0 Å². The summed E-state index contributed by atoms with van der Waals surface area (Å²) in [5.41, 5.74) is 7.09. The van der Waals surface area contributed by atoms with Gasteiger partial charge in [0.2, 0.25) is 0 Å². The highest BCUT2D eigenvalue weighted by Crippen LogP contribution is 2.32. The molecule has 2 rings (SSSR count). The topological polar surface area (TPSA) is 56.0 Å². The predicted octanol–water partition coefficient (Wildman–Crippen LogP) is 3.05. The van der Waals surface area contributed by atoms with E-state index in [2.05, 4.69) is 4.98 Å². The van der Waals surface area contributed by atoms with Gasteiger partial charge in [-0.15, -0.1) is 11.3 Å². The Hall–Kier alpha value is -1.73. The van der Waals surface area contributed by atoms with Gasteiger partial charge in [-0.2, -0.15) is 13.2 Å². The van der Waals surface area contributed by atoms with Crippen LogP contribution in [-0.2, 0) is 19.1 Å². The summed E-state index contributed by atoms with van der Waals surface area (Å²) in [7, 11) is 0.